The molecule has 1 N–H and O–H groups in total. The molecule has 1 aromatic rings. The van der Waals surface area contributed by atoms with Gasteiger partial charge in [-0.3, -0.25) is 0 Å². The Morgan fingerprint density at radius 2 is 1.95 bits per heavy atom. The molecule has 2 rings (SSSR count). The molecule has 0 saturated carbocycles. The van der Waals surface area contributed by atoms with Crippen molar-refractivity contribution in [2.24, 2.45) is 0 Å². The molecule has 19 heavy (non-hydrogen) atoms. The lowest BCUT2D eigenvalue weighted by Crippen LogP contribution is -2.45. The zero-order chi connectivity index (χ0) is 13.9. The van der Waals surface area contributed by atoms with E-state index in [4.69, 9.17) is 0 Å². The van der Waals surface area contributed by atoms with Crippen LogP contribution in [0.5, 0.6) is 0 Å². The first-order valence-corrected chi connectivity index (χ1v) is 7.85. The summed E-state index contributed by atoms with van der Waals surface area (Å²) in [5, 5.41) is 3.19. The summed E-state index contributed by atoms with van der Waals surface area (Å²) < 4.78 is 27.8. The molecule has 1 saturated heterocycles. The number of hydrogen-bond acceptors (Lipinski definition) is 3. The van der Waals surface area contributed by atoms with E-state index in [1.807, 2.05) is 30.3 Å². The van der Waals surface area contributed by atoms with E-state index in [-0.39, 0.29) is 6.04 Å². The summed E-state index contributed by atoms with van der Waals surface area (Å²) in [4.78, 5) is 0. The molecular weight excluding hydrogens is 262 g/mol. The number of likely N-dealkylation sites (N-methyl/N-ethyl adjacent to an activating group) is 1. The molecule has 1 heterocycles. The maximum Gasteiger partial charge on any atom is 0.282 e. The van der Waals surface area contributed by atoms with Crippen LogP contribution >= 0.6 is 0 Å². The Morgan fingerprint density at radius 1 is 1.26 bits per heavy atom. The van der Waals surface area contributed by atoms with Gasteiger partial charge in [0.2, 0.25) is 0 Å². The monoisotopic (exact) mass is 283 g/mol. The first-order chi connectivity index (χ1) is 9.01. The van der Waals surface area contributed by atoms with Crippen LogP contribution in [0.15, 0.2) is 30.3 Å². The zero-order valence-electron chi connectivity index (χ0n) is 11.4. The molecular formula is C13H21N3O2S. The summed E-state index contributed by atoms with van der Waals surface area (Å²) >= 11 is 0. The second-order valence-corrected chi connectivity index (χ2v) is 7.01. The smallest absolute Gasteiger partial charge is 0.282 e. The molecule has 1 fully saturated rings. The Hall–Kier alpha value is -0.950. The molecule has 0 bridgehead atoms. The van der Waals surface area contributed by atoms with E-state index >= 15 is 0 Å². The van der Waals surface area contributed by atoms with Crippen molar-refractivity contribution in [2.45, 2.75) is 19.0 Å². The van der Waals surface area contributed by atoms with E-state index in [1.165, 1.54) is 8.61 Å². The summed E-state index contributed by atoms with van der Waals surface area (Å²) in [6.07, 6.45) is 0.870. The number of hydrogen-bond donors (Lipinski definition) is 1. The van der Waals surface area contributed by atoms with Crippen molar-refractivity contribution < 1.29 is 8.42 Å². The minimum absolute atomic E-state index is 0.0585. The molecule has 0 spiro atoms. The molecule has 1 aliphatic heterocycles. The molecule has 1 aliphatic rings. The number of nitrogens with one attached hydrogen (secondary N) is 1. The highest BCUT2D eigenvalue weighted by Crippen LogP contribution is 2.15. The van der Waals surface area contributed by atoms with Gasteiger partial charge in [-0.15, -0.1) is 0 Å². The average molecular weight is 283 g/mol. The van der Waals surface area contributed by atoms with Gasteiger partial charge in [-0.25, -0.2) is 0 Å². The Labute approximate surface area is 115 Å². The number of nitrogens with zero attached hydrogens (tertiary/aromatic N) is 2. The molecule has 1 atom stereocenters. The molecule has 106 valence electrons. The molecule has 1 unspecified atom stereocenters. The van der Waals surface area contributed by atoms with Crippen LogP contribution in [0.2, 0.25) is 0 Å². The minimum Gasteiger partial charge on any atom is -0.315 e. The van der Waals surface area contributed by atoms with Crippen molar-refractivity contribution in [3.63, 3.8) is 0 Å². The maximum absolute atomic E-state index is 12.4. The van der Waals surface area contributed by atoms with Gasteiger partial charge in [0.05, 0.1) is 0 Å². The lowest BCUT2D eigenvalue weighted by molar-refractivity contribution is 0.341. The predicted molar refractivity (Wildman–Crippen MR) is 75.9 cm³/mol. The fraction of sp³-hybridized carbons (Fsp3) is 0.538. The minimum atomic E-state index is -3.39. The van der Waals surface area contributed by atoms with Crippen LogP contribution in [0.3, 0.4) is 0 Å². The van der Waals surface area contributed by atoms with Gasteiger partial charge in [0.1, 0.15) is 0 Å². The van der Waals surface area contributed by atoms with Crippen molar-refractivity contribution in [1.29, 1.82) is 0 Å². The van der Waals surface area contributed by atoms with Crippen molar-refractivity contribution in [1.82, 2.24) is 13.9 Å². The van der Waals surface area contributed by atoms with Gasteiger partial charge in [0.25, 0.3) is 10.2 Å². The number of rotatable bonds is 5. The largest absolute Gasteiger partial charge is 0.315 e. The molecule has 1 aromatic carbocycles. The lowest BCUT2D eigenvalue weighted by atomic mass is 10.2. The topological polar surface area (TPSA) is 52.7 Å². The molecule has 0 aliphatic carbocycles. The van der Waals surface area contributed by atoms with Crippen LogP contribution in [0, 0.1) is 0 Å². The van der Waals surface area contributed by atoms with Crippen LogP contribution in [0.4, 0.5) is 0 Å². The highest BCUT2D eigenvalue weighted by Gasteiger charge is 2.31. The Kier molecular flexibility index (Phi) is 4.57. The van der Waals surface area contributed by atoms with E-state index in [2.05, 4.69) is 5.32 Å². The van der Waals surface area contributed by atoms with E-state index in [1.54, 1.807) is 14.1 Å². The fourth-order valence-electron chi connectivity index (χ4n) is 2.28. The highest BCUT2D eigenvalue weighted by atomic mass is 32.2. The van der Waals surface area contributed by atoms with Crippen molar-refractivity contribution >= 4 is 10.2 Å². The van der Waals surface area contributed by atoms with Crippen LogP contribution in [-0.4, -0.2) is 50.3 Å². The highest BCUT2D eigenvalue weighted by molar-refractivity contribution is 7.86. The van der Waals surface area contributed by atoms with Gasteiger partial charge < -0.3 is 5.32 Å². The second kappa shape index (κ2) is 6.00. The first kappa shape index (κ1) is 14.5. The third-order valence-corrected chi connectivity index (χ3v) is 5.50. The summed E-state index contributed by atoms with van der Waals surface area (Å²) in [5.41, 5.74) is 0.992. The van der Waals surface area contributed by atoms with E-state index in [0.29, 0.717) is 6.54 Å². The van der Waals surface area contributed by atoms with Gasteiger partial charge in [0.15, 0.2) is 0 Å². The van der Waals surface area contributed by atoms with Gasteiger partial charge >= 0.3 is 0 Å². The van der Waals surface area contributed by atoms with E-state index in [9.17, 15) is 8.42 Å². The molecule has 0 aromatic heterocycles. The van der Waals surface area contributed by atoms with Gasteiger partial charge in [-0.2, -0.15) is 17.0 Å². The van der Waals surface area contributed by atoms with Crippen molar-refractivity contribution in [3.05, 3.63) is 35.9 Å². The standard InChI is InChI=1S/C13H21N3O2S/c1-15(11-12-6-4-3-5-7-12)19(17,18)16(2)13-8-9-14-10-13/h3-7,13-14H,8-11H2,1-2H3. The summed E-state index contributed by atoms with van der Waals surface area (Å²) in [5.74, 6) is 0. The zero-order valence-corrected chi connectivity index (χ0v) is 12.2. The average Bonchev–Trinajstić information content (AvgIpc) is 2.92. The van der Waals surface area contributed by atoms with Gasteiger partial charge in [-0.05, 0) is 18.5 Å². The molecule has 0 amide bonds. The van der Waals surface area contributed by atoms with Gasteiger partial charge in [-0.1, -0.05) is 30.3 Å². The van der Waals surface area contributed by atoms with Crippen LogP contribution in [0.25, 0.3) is 0 Å². The fourth-order valence-corrected chi connectivity index (χ4v) is 3.59. The SMILES string of the molecule is CN(Cc1ccccc1)S(=O)(=O)N(C)C1CCNC1. The van der Waals surface area contributed by atoms with E-state index in [0.717, 1.165) is 25.1 Å². The normalized spacial score (nSPS) is 20.3. The Bertz CT molecular complexity index is 498. The molecule has 5 nitrogen and oxygen atoms in total. The quantitative estimate of drug-likeness (QED) is 0.863. The van der Waals surface area contributed by atoms with E-state index < -0.39 is 10.2 Å². The Morgan fingerprint density at radius 3 is 2.53 bits per heavy atom. The third-order valence-electron chi connectivity index (χ3n) is 3.55. The summed E-state index contributed by atoms with van der Waals surface area (Å²) in [6.45, 7) is 2.01. The van der Waals surface area contributed by atoms with Crippen molar-refractivity contribution in [3.8, 4) is 0 Å². The van der Waals surface area contributed by atoms with Crippen LogP contribution in [-0.2, 0) is 16.8 Å². The molecule has 0 radical (unpaired) electrons. The third kappa shape index (κ3) is 3.33. The Balaban J connectivity index is 2.06. The predicted octanol–water partition coefficient (Wildman–Crippen LogP) is 0.657. The lowest BCUT2D eigenvalue weighted by Gasteiger charge is -2.28. The second-order valence-electron chi connectivity index (χ2n) is 4.91. The van der Waals surface area contributed by atoms with Crippen LogP contribution in [0.1, 0.15) is 12.0 Å². The number of benzene rings is 1. The first-order valence-electron chi connectivity index (χ1n) is 6.46. The van der Waals surface area contributed by atoms with Crippen LogP contribution < -0.4 is 5.32 Å². The maximum atomic E-state index is 12.4. The van der Waals surface area contributed by atoms with Gasteiger partial charge in [0, 0.05) is 33.2 Å². The summed E-state index contributed by atoms with van der Waals surface area (Å²) in [7, 11) is -0.107. The summed E-state index contributed by atoms with van der Waals surface area (Å²) in [6, 6.07) is 9.68. The molecule has 6 heteroatoms. The van der Waals surface area contributed by atoms with Crippen molar-refractivity contribution in [2.75, 3.05) is 27.2 Å².